The summed E-state index contributed by atoms with van der Waals surface area (Å²) in [6.45, 7) is 1.86. The van der Waals surface area contributed by atoms with E-state index in [-0.39, 0.29) is 17.3 Å². The van der Waals surface area contributed by atoms with E-state index >= 15 is 0 Å². The monoisotopic (exact) mass is 273 g/mol. The molecule has 0 spiro atoms. The first-order valence-corrected chi connectivity index (χ1v) is 7.22. The Bertz CT molecular complexity index is 465. The number of nitrogens with one attached hydrogen (secondary N) is 1. The van der Waals surface area contributed by atoms with E-state index in [2.05, 4.69) is 5.32 Å². The molecule has 0 fully saturated rings. The second-order valence-electron chi connectivity index (χ2n) is 4.11. The van der Waals surface area contributed by atoms with Gasteiger partial charge in [0.15, 0.2) is 0 Å². The molecule has 6 heteroatoms. The molecule has 0 bridgehead atoms. The molecule has 0 saturated carbocycles. The predicted molar refractivity (Wildman–Crippen MR) is 70.0 cm³/mol. The number of aromatic carboxylic acids is 1. The Morgan fingerprint density at radius 3 is 2.72 bits per heavy atom. The highest BCUT2D eigenvalue weighted by molar-refractivity contribution is 7.84. The summed E-state index contributed by atoms with van der Waals surface area (Å²) in [6.07, 6.45) is 2.28. The lowest BCUT2D eigenvalue weighted by Crippen LogP contribution is -2.18. The van der Waals surface area contributed by atoms with Gasteiger partial charge in [0.05, 0.1) is 11.3 Å². The van der Waals surface area contributed by atoms with Crippen LogP contribution in [0.15, 0.2) is 18.2 Å². The Balaban J connectivity index is 2.67. The fourth-order valence-electron chi connectivity index (χ4n) is 1.45. The summed E-state index contributed by atoms with van der Waals surface area (Å²) in [7, 11) is -0.871. The molecule has 0 aromatic heterocycles. The molecule has 1 rings (SSSR count). The molecule has 100 valence electrons. The zero-order valence-electron chi connectivity index (χ0n) is 10.3. The topological polar surface area (TPSA) is 66.4 Å². The Morgan fingerprint density at radius 2 is 2.22 bits per heavy atom. The van der Waals surface area contributed by atoms with Gasteiger partial charge in [0.2, 0.25) is 0 Å². The van der Waals surface area contributed by atoms with Crippen molar-refractivity contribution in [2.24, 2.45) is 0 Å². The number of carboxylic acids is 1. The van der Waals surface area contributed by atoms with Crippen LogP contribution >= 0.6 is 0 Å². The molecule has 0 amide bonds. The molecule has 0 aliphatic carbocycles. The van der Waals surface area contributed by atoms with Crippen molar-refractivity contribution in [3.63, 3.8) is 0 Å². The van der Waals surface area contributed by atoms with Crippen LogP contribution in [0.2, 0.25) is 0 Å². The molecule has 0 aliphatic heterocycles. The zero-order valence-corrected chi connectivity index (χ0v) is 11.1. The third-order valence-corrected chi connectivity index (χ3v) is 3.27. The molecule has 2 N–H and O–H groups in total. The number of hydrogen-bond donors (Lipinski definition) is 2. The summed E-state index contributed by atoms with van der Waals surface area (Å²) in [5.74, 6) is -1.21. The van der Waals surface area contributed by atoms with Gasteiger partial charge in [-0.3, -0.25) is 4.21 Å². The standard InChI is InChI=1S/C12H16FNO3S/c1-8(5-6-18(2)17)14-11-4-3-9(12(15)16)7-10(11)13/h3-4,7-8,14H,5-6H2,1-2H3,(H,15,16). The number of hydrogen-bond acceptors (Lipinski definition) is 3. The minimum atomic E-state index is -1.16. The van der Waals surface area contributed by atoms with Crippen molar-refractivity contribution in [1.29, 1.82) is 0 Å². The Labute approximate surface area is 108 Å². The Kier molecular flexibility index (Phi) is 5.27. The van der Waals surface area contributed by atoms with Crippen molar-refractivity contribution < 1.29 is 18.5 Å². The minimum Gasteiger partial charge on any atom is -0.478 e. The van der Waals surface area contributed by atoms with Crippen molar-refractivity contribution in [1.82, 2.24) is 0 Å². The van der Waals surface area contributed by atoms with Gasteiger partial charge in [-0.05, 0) is 31.5 Å². The van der Waals surface area contributed by atoms with Gasteiger partial charge < -0.3 is 10.4 Å². The van der Waals surface area contributed by atoms with Crippen molar-refractivity contribution >= 4 is 22.5 Å². The van der Waals surface area contributed by atoms with Gasteiger partial charge in [0, 0.05) is 28.9 Å². The summed E-state index contributed by atoms with van der Waals surface area (Å²) >= 11 is 0. The number of carbonyl (C=O) groups is 1. The van der Waals surface area contributed by atoms with Crippen LogP contribution in [0.1, 0.15) is 23.7 Å². The lowest BCUT2D eigenvalue weighted by atomic mass is 10.1. The van der Waals surface area contributed by atoms with Crippen LogP contribution < -0.4 is 5.32 Å². The van der Waals surface area contributed by atoms with Crippen LogP contribution in [0.25, 0.3) is 0 Å². The number of halogens is 1. The maximum Gasteiger partial charge on any atom is 0.335 e. The number of carboxylic acid groups (broad SMARTS) is 1. The Hall–Kier alpha value is -1.43. The first-order valence-electron chi connectivity index (χ1n) is 5.49. The van der Waals surface area contributed by atoms with Crippen LogP contribution in [0.5, 0.6) is 0 Å². The fraction of sp³-hybridized carbons (Fsp3) is 0.417. The quantitative estimate of drug-likeness (QED) is 0.833. The highest BCUT2D eigenvalue weighted by atomic mass is 32.2. The summed E-state index contributed by atoms with van der Waals surface area (Å²) < 4.78 is 24.5. The van der Waals surface area contributed by atoms with Crippen molar-refractivity contribution in [2.45, 2.75) is 19.4 Å². The minimum absolute atomic E-state index is 0.0286. The largest absolute Gasteiger partial charge is 0.478 e. The number of benzene rings is 1. The molecular formula is C12H16FNO3S. The van der Waals surface area contributed by atoms with Crippen molar-refractivity contribution in [2.75, 3.05) is 17.3 Å². The highest BCUT2D eigenvalue weighted by Crippen LogP contribution is 2.17. The molecule has 0 radical (unpaired) electrons. The van der Waals surface area contributed by atoms with Crippen LogP contribution in [-0.4, -0.2) is 33.3 Å². The van der Waals surface area contributed by atoms with Gasteiger partial charge >= 0.3 is 5.97 Å². The average Bonchev–Trinajstić information content (AvgIpc) is 2.29. The zero-order chi connectivity index (χ0) is 13.7. The predicted octanol–water partition coefficient (Wildman–Crippen LogP) is 2.09. The smallest absolute Gasteiger partial charge is 0.335 e. The van der Waals surface area contributed by atoms with E-state index in [4.69, 9.17) is 5.11 Å². The molecule has 1 aromatic carbocycles. The summed E-state index contributed by atoms with van der Waals surface area (Å²) in [4.78, 5) is 10.6. The van der Waals surface area contributed by atoms with Crippen molar-refractivity contribution in [3.05, 3.63) is 29.6 Å². The van der Waals surface area contributed by atoms with E-state index in [1.807, 2.05) is 6.92 Å². The van der Waals surface area contributed by atoms with E-state index in [0.29, 0.717) is 12.2 Å². The van der Waals surface area contributed by atoms with Crippen LogP contribution in [0.4, 0.5) is 10.1 Å². The summed E-state index contributed by atoms with van der Waals surface area (Å²) in [6, 6.07) is 3.70. The van der Waals surface area contributed by atoms with E-state index in [1.54, 1.807) is 6.26 Å². The third-order valence-electron chi connectivity index (χ3n) is 2.46. The molecule has 18 heavy (non-hydrogen) atoms. The fourth-order valence-corrected chi connectivity index (χ4v) is 2.13. The maximum atomic E-state index is 13.6. The lowest BCUT2D eigenvalue weighted by Gasteiger charge is -2.15. The molecule has 0 aliphatic rings. The second kappa shape index (κ2) is 6.49. The van der Waals surface area contributed by atoms with Gasteiger partial charge in [0.1, 0.15) is 5.82 Å². The lowest BCUT2D eigenvalue weighted by molar-refractivity contribution is 0.0696. The number of anilines is 1. The molecule has 4 nitrogen and oxygen atoms in total. The van der Waals surface area contributed by atoms with Gasteiger partial charge in [-0.2, -0.15) is 0 Å². The SMILES string of the molecule is CC(CCS(C)=O)Nc1ccc(C(=O)O)cc1F. The molecule has 2 unspecified atom stereocenters. The normalized spacial score (nSPS) is 13.9. The van der Waals surface area contributed by atoms with Crippen LogP contribution in [0, 0.1) is 5.82 Å². The van der Waals surface area contributed by atoms with Crippen LogP contribution in [0.3, 0.4) is 0 Å². The van der Waals surface area contributed by atoms with Crippen molar-refractivity contribution in [3.8, 4) is 0 Å². The third kappa shape index (κ3) is 4.44. The van der Waals surface area contributed by atoms with E-state index in [9.17, 15) is 13.4 Å². The first kappa shape index (κ1) is 14.6. The summed E-state index contributed by atoms with van der Waals surface area (Å²) in [5, 5.41) is 11.6. The second-order valence-corrected chi connectivity index (χ2v) is 5.67. The molecule has 1 aromatic rings. The highest BCUT2D eigenvalue weighted by Gasteiger charge is 2.10. The maximum absolute atomic E-state index is 13.6. The summed E-state index contributed by atoms with van der Waals surface area (Å²) in [5.41, 5.74) is 0.176. The van der Waals surface area contributed by atoms with E-state index < -0.39 is 22.6 Å². The molecular weight excluding hydrogens is 257 g/mol. The van der Waals surface area contributed by atoms with Crippen LogP contribution in [-0.2, 0) is 10.8 Å². The first-order chi connectivity index (χ1) is 8.40. The van der Waals surface area contributed by atoms with Gasteiger partial charge in [0.25, 0.3) is 0 Å². The van der Waals surface area contributed by atoms with Gasteiger partial charge in [-0.25, -0.2) is 9.18 Å². The van der Waals surface area contributed by atoms with E-state index in [1.165, 1.54) is 12.1 Å². The van der Waals surface area contributed by atoms with E-state index in [0.717, 1.165) is 6.07 Å². The number of rotatable bonds is 6. The Morgan fingerprint density at radius 1 is 1.56 bits per heavy atom. The van der Waals surface area contributed by atoms with Gasteiger partial charge in [-0.15, -0.1) is 0 Å². The molecule has 2 atom stereocenters. The van der Waals surface area contributed by atoms with Gasteiger partial charge in [-0.1, -0.05) is 0 Å². The molecule has 0 saturated heterocycles. The molecule has 0 heterocycles. The average molecular weight is 273 g/mol.